The molecule has 1 fully saturated rings. The van der Waals surface area contributed by atoms with Crippen molar-refractivity contribution in [3.05, 3.63) is 42.2 Å². The molecule has 0 unspecified atom stereocenters. The van der Waals surface area contributed by atoms with Crippen LogP contribution in [0.15, 0.2) is 36.4 Å². The molecule has 6 nitrogen and oxygen atoms in total. The van der Waals surface area contributed by atoms with Gasteiger partial charge in [0.2, 0.25) is 5.95 Å². The van der Waals surface area contributed by atoms with Gasteiger partial charge >= 0.3 is 0 Å². The van der Waals surface area contributed by atoms with E-state index >= 15 is 0 Å². The molecule has 2 aromatic carbocycles. The Morgan fingerprint density at radius 1 is 0.923 bits per heavy atom. The van der Waals surface area contributed by atoms with Crippen LogP contribution < -0.4 is 19.3 Å². The molecular weight excluding hydrogens is 335 g/mol. The minimum atomic E-state index is -0.208. The highest BCUT2D eigenvalue weighted by molar-refractivity contribution is 5.82. The van der Waals surface area contributed by atoms with Crippen LogP contribution in [0.3, 0.4) is 0 Å². The number of nitrogens with zero attached hydrogens (tertiary/aromatic N) is 3. The fourth-order valence-electron chi connectivity index (χ4n) is 3.30. The summed E-state index contributed by atoms with van der Waals surface area (Å²) >= 11 is 0. The molecule has 0 radical (unpaired) electrons. The summed E-state index contributed by atoms with van der Waals surface area (Å²) in [4.78, 5) is 12.5. The Labute approximate surface area is 151 Å². The molecule has 0 amide bonds. The lowest BCUT2D eigenvalue weighted by Gasteiger charge is -2.35. The smallest absolute Gasteiger partial charge is 0.203 e. The number of ether oxygens (including phenoxy) is 2. The van der Waals surface area contributed by atoms with E-state index in [1.54, 1.807) is 14.2 Å². The van der Waals surface area contributed by atoms with Gasteiger partial charge in [0.1, 0.15) is 5.82 Å². The van der Waals surface area contributed by atoms with Crippen molar-refractivity contribution >= 4 is 22.7 Å². The van der Waals surface area contributed by atoms with E-state index in [9.17, 15) is 4.39 Å². The van der Waals surface area contributed by atoms with Crippen LogP contribution >= 0.6 is 0 Å². The third kappa shape index (κ3) is 3.00. The van der Waals surface area contributed by atoms with Gasteiger partial charge in [0.25, 0.3) is 0 Å². The summed E-state index contributed by atoms with van der Waals surface area (Å²) in [6, 6.07) is 10.4. The molecule has 1 saturated heterocycles. The van der Waals surface area contributed by atoms with Crippen molar-refractivity contribution in [2.45, 2.75) is 0 Å². The van der Waals surface area contributed by atoms with Crippen LogP contribution in [0.25, 0.3) is 11.0 Å². The molecule has 0 spiro atoms. The van der Waals surface area contributed by atoms with Crippen molar-refractivity contribution in [1.82, 2.24) is 9.97 Å². The maximum atomic E-state index is 13.1. The monoisotopic (exact) mass is 356 g/mol. The number of rotatable bonds is 4. The molecule has 0 atom stereocenters. The SMILES string of the molecule is COc1cc2nc(N3CCN(c4ccc(F)cc4)CC3)[nH]c2cc1OC. The number of hydrogen-bond donors (Lipinski definition) is 1. The molecule has 7 heteroatoms. The van der Waals surface area contributed by atoms with Crippen molar-refractivity contribution < 1.29 is 13.9 Å². The number of nitrogens with one attached hydrogen (secondary N) is 1. The summed E-state index contributed by atoms with van der Waals surface area (Å²) in [5.41, 5.74) is 2.81. The van der Waals surface area contributed by atoms with E-state index in [0.717, 1.165) is 48.8 Å². The molecule has 1 aromatic heterocycles. The minimum Gasteiger partial charge on any atom is -0.493 e. The number of H-pyrrole nitrogens is 1. The Bertz CT molecular complexity index is 861. The van der Waals surface area contributed by atoms with Crippen LogP contribution in [0.5, 0.6) is 11.5 Å². The zero-order chi connectivity index (χ0) is 18.1. The molecule has 2 heterocycles. The first-order chi connectivity index (χ1) is 12.7. The second-order valence-electron chi connectivity index (χ2n) is 6.24. The molecule has 3 aromatic rings. The van der Waals surface area contributed by atoms with Crippen LogP contribution in [0.2, 0.25) is 0 Å². The van der Waals surface area contributed by atoms with Gasteiger partial charge in [-0.2, -0.15) is 0 Å². The summed E-state index contributed by atoms with van der Waals surface area (Å²) in [6.07, 6.45) is 0. The molecule has 4 rings (SSSR count). The third-order valence-electron chi connectivity index (χ3n) is 4.75. The summed E-state index contributed by atoms with van der Waals surface area (Å²) in [7, 11) is 3.24. The van der Waals surface area contributed by atoms with E-state index in [2.05, 4.69) is 14.8 Å². The van der Waals surface area contributed by atoms with E-state index < -0.39 is 0 Å². The van der Waals surface area contributed by atoms with E-state index in [-0.39, 0.29) is 5.82 Å². The predicted octanol–water partition coefficient (Wildman–Crippen LogP) is 3.05. The van der Waals surface area contributed by atoms with E-state index in [1.165, 1.54) is 12.1 Å². The first-order valence-corrected chi connectivity index (χ1v) is 8.55. The highest BCUT2D eigenvalue weighted by Crippen LogP contribution is 2.32. The van der Waals surface area contributed by atoms with Crippen LogP contribution in [-0.2, 0) is 0 Å². The molecule has 0 bridgehead atoms. The standard InChI is InChI=1S/C19H21FN4O2/c1-25-17-11-15-16(12-18(17)26-2)22-19(21-15)24-9-7-23(8-10-24)14-5-3-13(20)4-6-14/h3-6,11-12H,7-10H2,1-2H3,(H,21,22). The average Bonchev–Trinajstić information content (AvgIpc) is 3.10. The van der Waals surface area contributed by atoms with Gasteiger partial charge in [-0.25, -0.2) is 9.37 Å². The van der Waals surface area contributed by atoms with Crippen molar-refractivity contribution in [2.75, 3.05) is 50.2 Å². The van der Waals surface area contributed by atoms with Gasteiger partial charge in [0.15, 0.2) is 11.5 Å². The van der Waals surface area contributed by atoms with Gasteiger partial charge in [0.05, 0.1) is 25.3 Å². The second kappa shape index (κ2) is 6.74. The number of halogens is 1. The lowest BCUT2D eigenvalue weighted by molar-refractivity contribution is 0.356. The molecule has 1 aliphatic heterocycles. The zero-order valence-corrected chi connectivity index (χ0v) is 14.8. The number of benzene rings is 2. The van der Waals surface area contributed by atoms with Crippen LogP contribution in [0, 0.1) is 5.82 Å². The largest absolute Gasteiger partial charge is 0.493 e. The van der Waals surface area contributed by atoms with Gasteiger partial charge < -0.3 is 24.3 Å². The minimum absolute atomic E-state index is 0.208. The van der Waals surface area contributed by atoms with Gasteiger partial charge in [-0.05, 0) is 24.3 Å². The molecular formula is C19H21FN4O2. The quantitative estimate of drug-likeness (QED) is 0.779. The predicted molar refractivity (Wildman–Crippen MR) is 100 cm³/mol. The number of fused-ring (bicyclic) bond motifs is 1. The van der Waals surface area contributed by atoms with E-state index in [4.69, 9.17) is 14.5 Å². The number of piperazine rings is 1. The number of aromatic amines is 1. The number of aromatic nitrogens is 2. The Balaban J connectivity index is 1.51. The Hall–Kier alpha value is -2.96. The van der Waals surface area contributed by atoms with Crippen LogP contribution in [0.4, 0.5) is 16.0 Å². The lowest BCUT2D eigenvalue weighted by atomic mass is 10.2. The Kier molecular flexibility index (Phi) is 4.28. The Morgan fingerprint density at radius 3 is 2.19 bits per heavy atom. The summed E-state index contributed by atoms with van der Waals surface area (Å²) < 4.78 is 23.8. The van der Waals surface area contributed by atoms with Crippen LogP contribution in [0.1, 0.15) is 0 Å². The molecule has 0 aliphatic carbocycles. The number of hydrogen-bond acceptors (Lipinski definition) is 5. The zero-order valence-electron chi connectivity index (χ0n) is 14.8. The molecule has 1 aliphatic rings. The van der Waals surface area contributed by atoms with Crippen molar-refractivity contribution in [3.8, 4) is 11.5 Å². The third-order valence-corrected chi connectivity index (χ3v) is 4.75. The normalized spacial score (nSPS) is 14.7. The van der Waals surface area contributed by atoms with E-state index in [0.29, 0.717) is 11.5 Å². The van der Waals surface area contributed by atoms with Gasteiger partial charge in [-0.1, -0.05) is 0 Å². The summed E-state index contributed by atoms with van der Waals surface area (Å²) in [6.45, 7) is 3.39. The highest BCUT2D eigenvalue weighted by Gasteiger charge is 2.20. The Morgan fingerprint density at radius 2 is 1.54 bits per heavy atom. The molecule has 1 N–H and O–H groups in total. The molecule has 26 heavy (non-hydrogen) atoms. The van der Waals surface area contributed by atoms with E-state index in [1.807, 2.05) is 24.3 Å². The maximum Gasteiger partial charge on any atom is 0.203 e. The number of anilines is 2. The second-order valence-corrected chi connectivity index (χ2v) is 6.24. The fourth-order valence-corrected chi connectivity index (χ4v) is 3.30. The first kappa shape index (κ1) is 16.5. The van der Waals surface area contributed by atoms with Gasteiger partial charge in [0, 0.05) is 44.0 Å². The van der Waals surface area contributed by atoms with Crippen molar-refractivity contribution in [2.24, 2.45) is 0 Å². The van der Waals surface area contributed by atoms with Crippen LogP contribution in [-0.4, -0.2) is 50.4 Å². The van der Waals surface area contributed by atoms with Crippen molar-refractivity contribution in [3.63, 3.8) is 0 Å². The number of imidazole rings is 1. The first-order valence-electron chi connectivity index (χ1n) is 8.55. The topological polar surface area (TPSA) is 53.6 Å². The lowest BCUT2D eigenvalue weighted by Crippen LogP contribution is -2.46. The van der Waals surface area contributed by atoms with Crippen molar-refractivity contribution in [1.29, 1.82) is 0 Å². The molecule has 136 valence electrons. The fraction of sp³-hybridized carbons (Fsp3) is 0.316. The summed E-state index contributed by atoms with van der Waals surface area (Å²) in [5, 5.41) is 0. The molecule has 0 saturated carbocycles. The number of methoxy groups -OCH3 is 2. The maximum absolute atomic E-state index is 13.1. The average molecular weight is 356 g/mol. The highest BCUT2D eigenvalue weighted by atomic mass is 19.1. The van der Waals surface area contributed by atoms with Gasteiger partial charge in [-0.15, -0.1) is 0 Å². The summed E-state index contributed by atoms with van der Waals surface area (Å²) in [5.74, 6) is 1.98. The van der Waals surface area contributed by atoms with Gasteiger partial charge in [-0.3, -0.25) is 0 Å².